The predicted molar refractivity (Wildman–Crippen MR) is 102 cm³/mol. The third-order valence-corrected chi connectivity index (χ3v) is 6.41. The van der Waals surface area contributed by atoms with Crippen LogP contribution in [-0.4, -0.2) is 36.5 Å². The minimum atomic E-state index is 0.247. The first-order chi connectivity index (χ1) is 12.2. The van der Waals surface area contributed by atoms with Crippen molar-refractivity contribution < 1.29 is 4.79 Å². The number of carbonyl (C=O) groups is 1. The zero-order valence-corrected chi connectivity index (χ0v) is 15.4. The standard InChI is InChI=1S/C22H30N2O/c1-16-18-9-5-6-10-20(18)21-15-24(13-11-19(16)21)14-12-22(25)23-17-7-3-2-4-8-17/h5-6,9-10,17,21H,2-4,7-8,11-15H2,1H3,(H,23,25). The molecular weight excluding hydrogens is 308 g/mol. The summed E-state index contributed by atoms with van der Waals surface area (Å²) in [6, 6.07) is 9.29. The van der Waals surface area contributed by atoms with Gasteiger partial charge in [0, 0.05) is 38.0 Å². The van der Waals surface area contributed by atoms with Gasteiger partial charge in [0.25, 0.3) is 0 Å². The van der Waals surface area contributed by atoms with E-state index in [-0.39, 0.29) is 5.91 Å². The van der Waals surface area contributed by atoms with Crippen LogP contribution in [0.5, 0.6) is 0 Å². The fraction of sp³-hybridized carbons (Fsp3) is 0.591. The molecule has 0 bridgehead atoms. The molecule has 0 aromatic heterocycles. The lowest BCUT2D eigenvalue weighted by molar-refractivity contribution is -0.122. The Hall–Kier alpha value is -1.61. The van der Waals surface area contributed by atoms with Gasteiger partial charge in [-0.25, -0.2) is 0 Å². The maximum atomic E-state index is 12.3. The highest BCUT2D eigenvalue weighted by Crippen LogP contribution is 2.45. The molecule has 0 radical (unpaired) electrons. The van der Waals surface area contributed by atoms with Crippen molar-refractivity contribution in [2.24, 2.45) is 0 Å². The first-order valence-corrected chi connectivity index (χ1v) is 10.0. The van der Waals surface area contributed by atoms with Gasteiger partial charge in [0.05, 0.1) is 0 Å². The van der Waals surface area contributed by atoms with E-state index in [1.807, 2.05) is 0 Å². The molecule has 3 nitrogen and oxygen atoms in total. The van der Waals surface area contributed by atoms with Crippen molar-refractivity contribution in [2.45, 2.75) is 63.8 Å². The van der Waals surface area contributed by atoms with Gasteiger partial charge in [0.15, 0.2) is 0 Å². The summed E-state index contributed by atoms with van der Waals surface area (Å²) in [6.45, 7) is 5.33. The van der Waals surface area contributed by atoms with E-state index in [1.165, 1.54) is 48.8 Å². The fourth-order valence-electron chi connectivity index (χ4n) is 4.97. The van der Waals surface area contributed by atoms with Gasteiger partial charge in [0.2, 0.25) is 5.91 Å². The Balaban J connectivity index is 1.31. The molecule has 3 aliphatic rings. The molecule has 1 heterocycles. The van der Waals surface area contributed by atoms with Crippen LogP contribution in [0.25, 0.3) is 5.57 Å². The summed E-state index contributed by atoms with van der Waals surface area (Å²) in [6.07, 6.45) is 8.00. The van der Waals surface area contributed by atoms with Gasteiger partial charge in [-0.1, -0.05) is 49.1 Å². The molecule has 1 N–H and O–H groups in total. The number of allylic oxidation sites excluding steroid dienone is 1. The van der Waals surface area contributed by atoms with Gasteiger partial charge < -0.3 is 10.2 Å². The highest BCUT2D eigenvalue weighted by atomic mass is 16.1. The van der Waals surface area contributed by atoms with Gasteiger partial charge in [0.1, 0.15) is 0 Å². The van der Waals surface area contributed by atoms with Crippen LogP contribution in [0.4, 0.5) is 0 Å². The third kappa shape index (κ3) is 3.52. The Morgan fingerprint density at radius 2 is 2.00 bits per heavy atom. The molecule has 1 atom stereocenters. The minimum Gasteiger partial charge on any atom is -0.353 e. The molecule has 25 heavy (non-hydrogen) atoms. The number of carbonyl (C=O) groups excluding carboxylic acids is 1. The molecule has 3 heteroatoms. The maximum Gasteiger partial charge on any atom is 0.221 e. The first kappa shape index (κ1) is 16.8. The van der Waals surface area contributed by atoms with Gasteiger partial charge in [-0.05, 0) is 42.9 Å². The van der Waals surface area contributed by atoms with Crippen molar-refractivity contribution in [3.05, 3.63) is 41.0 Å². The molecule has 4 rings (SSSR count). The van der Waals surface area contributed by atoms with E-state index in [4.69, 9.17) is 0 Å². The van der Waals surface area contributed by atoms with Crippen molar-refractivity contribution in [3.63, 3.8) is 0 Å². The Morgan fingerprint density at radius 3 is 2.84 bits per heavy atom. The second-order valence-electron chi connectivity index (χ2n) is 7.99. The van der Waals surface area contributed by atoms with E-state index in [1.54, 1.807) is 5.57 Å². The monoisotopic (exact) mass is 338 g/mol. The number of nitrogens with one attached hydrogen (secondary N) is 1. The topological polar surface area (TPSA) is 32.3 Å². The van der Waals surface area contributed by atoms with Crippen molar-refractivity contribution in [2.75, 3.05) is 19.6 Å². The molecule has 1 aliphatic heterocycles. The highest BCUT2D eigenvalue weighted by molar-refractivity contribution is 5.78. The second-order valence-corrected chi connectivity index (χ2v) is 7.99. The fourth-order valence-corrected chi connectivity index (χ4v) is 4.97. The Bertz CT molecular complexity index is 672. The number of benzene rings is 1. The summed E-state index contributed by atoms with van der Waals surface area (Å²) in [5.74, 6) is 0.794. The maximum absolute atomic E-state index is 12.3. The summed E-state index contributed by atoms with van der Waals surface area (Å²) in [7, 11) is 0. The lowest BCUT2D eigenvalue weighted by Crippen LogP contribution is -2.40. The lowest BCUT2D eigenvalue weighted by Gasteiger charge is -2.33. The van der Waals surface area contributed by atoms with Gasteiger partial charge in [-0.15, -0.1) is 0 Å². The first-order valence-electron chi connectivity index (χ1n) is 10.0. The van der Waals surface area contributed by atoms with E-state index < -0.39 is 0 Å². The van der Waals surface area contributed by atoms with Crippen molar-refractivity contribution >= 4 is 11.5 Å². The van der Waals surface area contributed by atoms with Crippen molar-refractivity contribution in [1.29, 1.82) is 0 Å². The Labute approximate surface area is 151 Å². The van der Waals surface area contributed by atoms with Crippen LogP contribution < -0.4 is 5.32 Å². The minimum absolute atomic E-state index is 0.247. The molecular formula is C22H30N2O. The van der Waals surface area contributed by atoms with Crippen LogP contribution in [0, 0.1) is 0 Å². The van der Waals surface area contributed by atoms with E-state index >= 15 is 0 Å². The molecule has 1 aromatic rings. The van der Waals surface area contributed by atoms with Crippen LogP contribution in [0.2, 0.25) is 0 Å². The number of hydrogen-bond acceptors (Lipinski definition) is 2. The predicted octanol–water partition coefficient (Wildman–Crippen LogP) is 4.10. The molecule has 0 spiro atoms. The van der Waals surface area contributed by atoms with Crippen molar-refractivity contribution in [3.8, 4) is 0 Å². The van der Waals surface area contributed by atoms with Crippen LogP contribution in [0.3, 0.4) is 0 Å². The number of rotatable bonds is 4. The largest absolute Gasteiger partial charge is 0.353 e. The number of amides is 1. The summed E-state index contributed by atoms with van der Waals surface area (Å²) < 4.78 is 0. The summed E-state index contributed by atoms with van der Waals surface area (Å²) >= 11 is 0. The molecule has 2 aliphatic carbocycles. The number of nitrogens with zero attached hydrogens (tertiary/aromatic N) is 1. The number of fused-ring (bicyclic) bond motifs is 3. The number of hydrogen-bond donors (Lipinski definition) is 1. The van der Waals surface area contributed by atoms with Gasteiger partial charge >= 0.3 is 0 Å². The summed E-state index contributed by atoms with van der Waals surface area (Å²) in [5.41, 5.74) is 6.06. The molecule has 134 valence electrons. The van der Waals surface area contributed by atoms with Crippen LogP contribution in [0.15, 0.2) is 29.8 Å². The SMILES string of the molecule is CC1=C2CCN(CCC(=O)NC3CCCCC3)CC2c2ccccc21. The average molecular weight is 338 g/mol. The molecule has 1 aromatic carbocycles. The van der Waals surface area contributed by atoms with Crippen LogP contribution in [-0.2, 0) is 4.79 Å². The van der Waals surface area contributed by atoms with E-state index in [9.17, 15) is 4.79 Å². The quantitative estimate of drug-likeness (QED) is 0.896. The molecule has 2 fully saturated rings. The summed E-state index contributed by atoms with van der Waals surface area (Å²) in [4.78, 5) is 14.8. The number of likely N-dealkylation sites (tertiary alicyclic amines) is 1. The second kappa shape index (κ2) is 7.33. The van der Waals surface area contributed by atoms with Gasteiger partial charge in [-0.2, -0.15) is 0 Å². The normalized spacial score (nSPS) is 24.1. The lowest BCUT2D eigenvalue weighted by atomic mass is 9.89. The molecule has 1 amide bonds. The summed E-state index contributed by atoms with van der Waals surface area (Å²) in [5, 5.41) is 3.25. The van der Waals surface area contributed by atoms with E-state index in [0.717, 1.165) is 26.1 Å². The Kier molecular flexibility index (Phi) is 4.93. The van der Waals surface area contributed by atoms with E-state index in [0.29, 0.717) is 18.4 Å². The number of piperidine rings is 1. The van der Waals surface area contributed by atoms with Crippen molar-refractivity contribution in [1.82, 2.24) is 10.2 Å². The molecule has 1 saturated heterocycles. The smallest absolute Gasteiger partial charge is 0.221 e. The average Bonchev–Trinajstić information content (AvgIpc) is 2.93. The highest BCUT2D eigenvalue weighted by Gasteiger charge is 2.33. The zero-order chi connectivity index (χ0) is 17.2. The van der Waals surface area contributed by atoms with E-state index in [2.05, 4.69) is 41.4 Å². The van der Waals surface area contributed by atoms with Gasteiger partial charge in [-0.3, -0.25) is 4.79 Å². The third-order valence-electron chi connectivity index (χ3n) is 6.41. The molecule has 1 unspecified atom stereocenters. The zero-order valence-electron chi connectivity index (χ0n) is 15.4. The van der Waals surface area contributed by atoms with Crippen LogP contribution >= 0.6 is 0 Å². The van der Waals surface area contributed by atoms with Crippen LogP contribution in [0.1, 0.15) is 68.9 Å². The molecule has 1 saturated carbocycles. The Morgan fingerprint density at radius 1 is 1.20 bits per heavy atom.